The molecule has 0 saturated heterocycles. The molecule has 0 aliphatic carbocycles. The Labute approximate surface area is 98.4 Å². The van der Waals surface area contributed by atoms with Crippen LogP contribution in [0, 0.1) is 0 Å². The van der Waals surface area contributed by atoms with Crippen molar-refractivity contribution in [2.45, 2.75) is 20.0 Å². The molecule has 2 aromatic heterocycles. The molecular formula is C11H14N4O2. The normalized spacial score (nSPS) is 10.4. The van der Waals surface area contributed by atoms with Gasteiger partial charge >= 0.3 is 0 Å². The average Bonchev–Trinajstić information content (AvgIpc) is 2.94. The lowest BCUT2D eigenvalue weighted by Gasteiger charge is -2.06. The molecule has 0 fully saturated rings. The first kappa shape index (κ1) is 11.3. The molecule has 6 heteroatoms. The summed E-state index contributed by atoms with van der Waals surface area (Å²) in [4.78, 5) is 11.9. The van der Waals surface area contributed by atoms with Crippen molar-refractivity contribution in [3.05, 3.63) is 36.0 Å². The predicted octanol–water partition coefficient (Wildman–Crippen LogP) is 1.01. The second kappa shape index (κ2) is 4.73. The minimum absolute atomic E-state index is 0.252. The van der Waals surface area contributed by atoms with E-state index >= 15 is 0 Å². The highest BCUT2D eigenvalue weighted by Gasteiger charge is 2.15. The quantitative estimate of drug-likeness (QED) is 0.826. The van der Waals surface area contributed by atoms with Crippen LogP contribution in [0.1, 0.15) is 23.2 Å². The maximum Gasteiger partial charge on any atom is 0.272 e. The van der Waals surface area contributed by atoms with Crippen LogP contribution in [0.2, 0.25) is 0 Å². The molecular weight excluding hydrogens is 220 g/mol. The number of nitrogens with zero attached hydrogens (tertiary/aromatic N) is 2. The lowest BCUT2D eigenvalue weighted by atomic mass is 10.3. The molecule has 2 heterocycles. The van der Waals surface area contributed by atoms with Crippen molar-refractivity contribution in [1.82, 2.24) is 15.1 Å². The fraction of sp³-hybridized carbons (Fsp3) is 0.273. The number of aryl methyl sites for hydroxylation is 1. The third-order valence-electron chi connectivity index (χ3n) is 2.39. The van der Waals surface area contributed by atoms with E-state index in [0.717, 1.165) is 0 Å². The maximum absolute atomic E-state index is 11.9. The van der Waals surface area contributed by atoms with E-state index < -0.39 is 0 Å². The third kappa shape index (κ3) is 2.30. The number of amides is 1. The van der Waals surface area contributed by atoms with Crippen LogP contribution in [-0.2, 0) is 13.1 Å². The fourth-order valence-corrected chi connectivity index (χ4v) is 1.55. The van der Waals surface area contributed by atoms with Gasteiger partial charge in [0.1, 0.15) is 11.5 Å². The number of hydrogen-bond donors (Lipinski definition) is 2. The Hall–Kier alpha value is -2.24. The van der Waals surface area contributed by atoms with E-state index in [1.54, 1.807) is 23.1 Å². The van der Waals surface area contributed by atoms with Crippen molar-refractivity contribution >= 4 is 11.6 Å². The van der Waals surface area contributed by atoms with Gasteiger partial charge in [0.15, 0.2) is 0 Å². The molecule has 0 aliphatic heterocycles. The fourth-order valence-electron chi connectivity index (χ4n) is 1.55. The molecule has 0 atom stereocenters. The lowest BCUT2D eigenvalue weighted by molar-refractivity contribution is 0.0938. The number of anilines is 1. The zero-order chi connectivity index (χ0) is 12.3. The van der Waals surface area contributed by atoms with E-state index in [1.165, 1.54) is 6.20 Å². The summed E-state index contributed by atoms with van der Waals surface area (Å²) >= 11 is 0. The minimum Gasteiger partial charge on any atom is -0.467 e. The molecule has 0 saturated carbocycles. The van der Waals surface area contributed by atoms with E-state index in [2.05, 4.69) is 10.4 Å². The minimum atomic E-state index is -0.252. The van der Waals surface area contributed by atoms with Gasteiger partial charge in [-0.2, -0.15) is 5.10 Å². The summed E-state index contributed by atoms with van der Waals surface area (Å²) in [6, 6.07) is 3.56. The number of rotatable bonds is 4. The molecule has 0 radical (unpaired) electrons. The number of carbonyl (C=O) groups is 1. The maximum atomic E-state index is 11.9. The highest BCUT2D eigenvalue weighted by molar-refractivity contribution is 5.97. The van der Waals surface area contributed by atoms with Gasteiger partial charge in [-0.15, -0.1) is 0 Å². The molecule has 0 bridgehead atoms. The van der Waals surface area contributed by atoms with Crippen LogP contribution in [0.4, 0.5) is 5.69 Å². The first-order chi connectivity index (χ1) is 8.22. The molecule has 0 unspecified atom stereocenters. The summed E-state index contributed by atoms with van der Waals surface area (Å²) in [5, 5.41) is 6.74. The van der Waals surface area contributed by atoms with Gasteiger partial charge in [0.2, 0.25) is 0 Å². The summed E-state index contributed by atoms with van der Waals surface area (Å²) in [5.74, 6) is 0.442. The molecule has 6 nitrogen and oxygen atoms in total. The Morgan fingerprint density at radius 2 is 2.47 bits per heavy atom. The first-order valence-electron chi connectivity index (χ1n) is 5.34. The molecule has 3 N–H and O–H groups in total. The van der Waals surface area contributed by atoms with Gasteiger partial charge in [-0.1, -0.05) is 0 Å². The number of nitrogens with two attached hydrogens (primary N) is 1. The zero-order valence-electron chi connectivity index (χ0n) is 9.51. The summed E-state index contributed by atoms with van der Waals surface area (Å²) in [7, 11) is 0. The van der Waals surface area contributed by atoms with Gasteiger partial charge in [0.25, 0.3) is 5.91 Å². The van der Waals surface area contributed by atoms with Crippen molar-refractivity contribution < 1.29 is 9.21 Å². The van der Waals surface area contributed by atoms with Gasteiger partial charge < -0.3 is 15.5 Å². The number of hydrogen-bond acceptors (Lipinski definition) is 4. The highest BCUT2D eigenvalue weighted by Crippen LogP contribution is 2.10. The number of carbonyl (C=O) groups excluding carboxylic acids is 1. The smallest absolute Gasteiger partial charge is 0.272 e. The van der Waals surface area contributed by atoms with E-state index in [0.29, 0.717) is 30.2 Å². The predicted molar refractivity (Wildman–Crippen MR) is 62.2 cm³/mol. The molecule has 1 amide bonds. The Balaban J connectivity index is 2.06. The Kier molecular flexibility index (Phi) is 3.13. The Morgan fingerprint density at radius 3 is 3.12 bits per heavy atom. The zero-order valence-corrected chi connectivity index (χ0v) is 9.51. The molecule has 0 aliphatic rings. The number of nitrogen functional groups attached to an aromatic ring is 1. The van der Waals surface area contributed by atoms with E-state index in [-0.39, 0.29) is 5.91 Å². The lowest BCUT2D eigenvalue weighted by Crippen LogP contribution is -2.26. The van der Waals surface area contributed by atoms with Gasteiger partial charge in [-0.3, -0.25) is 9.48 Å². The first-order valence-corrected chi connectivity index (χ1v) is 5.34. The third-order valence-corrected chi connectivity index (χ3v) is 2.39. The van der Waals surface area contributed by atoms with Gasteiger partial charge in [-0.25, -0.2) is 0 Å². The second-order valence-electron chi connectivity index (χ2n) is 3.53. The van der Waals surface area contributed by atoms with Crippen molar-refractivity contribution in [2.75, 3.05) is 5.73 Å². The molecule has 2 aromatic rings. The molecule has 0 spiro atoms. The standard InChI is InChI=1S/C11H14N4O2/c1-2-15-10(9(12)7-14-15)11(16)13-6-8-4-3-5-17-8/h3-5,7H,2,6,12H2,1H3,(H,13,16). The van der Waals surface area contributed by atoms with E-state index in [4.69, 9.17) is 10.2 Å². The monoisotopic (exact) mass is 234 g/mol. The topological polar surface area (TPSA) is 86.1 Å². The van der Waals surface area contributed by atoms with E-state index in [1.807, 2.05) is 6.92 Å². The summed E-state index contributed by atoms with van der Waals surface area (Å²) < 4.78 is 6.68. The molecule has 0 aromatic carbocycles. The van der Waals surface area contributed by atoms with Crippen LogP contribution < -0.4 is 11.1 Å². The second-order valence-corrected chi connectivity index (χ2v) is 3.53. The van der Waals surface area contributed by atoms with Crippen LogP contribution in [0.3, 0.4) is 0 Å². The van der Waals surface area contributed by atoms with Crippen LogP contribution >= 0.6 is 0 Å². The van der Waals surface area contributed by atoms with Crippen molar-refractivity contribution in [1.29, 1.82) is 0 Å². The summed E-state index contributed by atoms with van der Waals surface area (Å²) in [5.41, 5.74) is 6.47. The van der Waals surface area contributed by atoms with Crippen LogP contribution in [-0.4, -0.2) is 15.7 Å². The van der Waals surface area contributed by atoms with Crippen molar-refractivity contribution in [3.63, 3.8) is 0 Å². The van der Waals surface area contributed by atoms with Gasteiger partial charge in [0, 0.05) is 6.54 Å². The molecule has 17 heavy (non-hydrogen) atoms. The number of nitrogens with one attached hydrogen (secondary N) is 1. The Bertz CT molecular complexity index is 502. The molecule has 90 valence electrons. The Morgan fingerprint density at radius 1 is 1.65 bits per heavy atom. The molecule has 2 rings (SSSR count). The summed E-state index contributed by atoms with van der Waals surface area (Å²) in [6.45, 7) is 2.83. The number of aromatic nitrogens is 2. The van der Waals surface area contributed by atoms with Crippen LogP contribution in [0.25, 0.3) is 0 Å². The highest BCUT2D eigenvalue weighted by atomic mass is 16.3. The van der Waals surface area contributed by atoms with E-state index in [9.17, 15) is 4.79 Å². The van der Waals surface area contributed by atoms with Gasteiger partial charge in [0.05, 0.1) is 24.7 Å². The van der Waals surface area contributed by atoms with Crippen LogP contribution in [0.15, 0.2) is 29.0 Å². The number of furan rings is 1. The van der Waals surface area contributed by atoms with Crippen LogP contribution in [0.5, 0.6) is 0 Å². The van der Waals surface area contributed by atoms with Crippen molar-refractivity contribution in [3.8, 4) is 0 Å². The average molecular weight is 234 g/mol. The van der Waals surface area contributed by atoms with Crippen molar-refractivity contribution in [2.24, 2.45) is 0 Å². The SMILES string of the molecule is CCn1ncc(N)c1C(=O)NCc1ccco1. The largest absolute Gasteiger partial charge is 0.467 e. The summed E-state index contributed by atoms with van der Waals surface area (Å²) in [6.07, 6.45) is 3.04. The van der Waals surface area contributed by atoms with Gasteiger partial charge in [-0.05, 0) is 19.1 Å².